The van der Waals surface area contributed by atoms with E-state index in [-0.39, 0.29) is 0 Å². The van der Waals surface area contributed by atoms with Crippen molar-refractivity contribution in [3.05, 3.63) is 77.0 Å². The highest BCUT2D eigenvalue weighted by molar-refractivity contribution is 6.29. The first-order valence-electron chi connectivity index (χ1n) is 11.8. The van der Waals surface area contributed by atoms with E-state index in [4.69, 9.17) is 21.1 Å². The van der Waals surface area contributed by atoms with Gasteiger partial charge in [0.2, 0.25) is 0 Å². The van der Waals surface area contributed by atoms with Crippen LogP contribution in [0.25, 0.3) is 22.5 Å². The molecule has 0 aliphatic carbocycles. The first-order chi connectivity index (χ1) is 17.6. The molecule has 5 aromatic rings. The Balaban J connectivity index is 1.10. The lowest BCUT2D eigenvalue weighted by molar-refractivity contribution is 0.249. The average molecular weight is 502 g/mol. The summed E-state index contributed by atoms with van der Waals surface area (Å²) in [4.78, 5) is 30.2. The average Bonchev–Trinajstić information content (AvgIpc) is 3.49. The van der Waals surface area contributed by atoms with E-state index in [2.05, 4.69) is 52.0 Å². The fourth-order valence-electron chi connectivity index (χ4n) is 4.47. The van der Waals surface area contributed by atoms with Crippen LogP contribution in [0, 0.1) is 6.92 Å². The highest BCUT2D eigenvalue weighted by atomic mass is 35.5. The van der Waals surface area contributed by atoms with Gasteiger partial charge in [0.1, 0.15) is 16.8 Å². The van der Waals surface area contributed by atoms with Gasteiger partial charge in [-0.3, -0.25) is 14.9 Å². The number of pyridine rings is 1. The minimum atomic E-state index is 0.422. The van der Waals surface area contributed by atoms with E-state index < -0.39 is 0 Å². The van der Waals surface area contributed by atoms with Gasteiger partial charge in [0.25, 0.3) is 5.89 Å². The van der Waals surface area contributed by atoms with Crippen molar-refractivity contribution in [3.8, 4) is 11.5 Å². The second-order valence-corrected chi connectivity index (χ2v) is 9.24. The second kappa shape index (κ2) is 9.63. The Morgan fingerprint density at radius 3 is 2.72 bits per heavy atom. The number of hydrogen-bond donors (Lipinski definition) is 1. The molecule has 1 saturated heterocycles. The maximum Gasteiger partial charge on any atom is 0.257 e. The van der Waals surface area contributed by atoms with Crippen LogP contribution in [-0.4, -0.2) is 66.1 Å². The van der Waals surface area contributed by atoms with Gasteiger partial charge < -0.3 is 14.4 Å². The van der Waals surface area contributed by atoms with Crippen LogP contribution in [0.15, 0.2) is 53.4 Å². The molecule has 0 amide bonds. The summed E-state index contributed by atoms with van der Waals surface area (Å²) in [6, 6.07) is 10.1. The van der Waals surface area contributed by atoms with Crippen LogP contribution in [0.1, 0.15) is 22.9 Å². The molecule has 0 atom stereocenters. The summed E-state index contributed by atoms with van der Waals surface area (Å²) in [5, 5.41) is 4.29. The molecule has 1 aromatic carbocycles. The zero-order valence-electron chi connectivity index (χ0n) is 19.7. The molecule has 0 saturated carbocycles. The molecule has 1 fully saturated rings. The monoisotopic (exact) mass is 501 g/mol. The summed E-state index contributed by atoms with van der Waals surface area (Å²) in [6.07, 6.45) is 5.82. The predicted octanol–water partition coefficient (Wildman–Crippen LogP) is 3.67. The Hall–Kier alpha value is -3.89. The van der Waals surface area contributed by atoms with E-state index in [1.54, 1.807) is 19.3 Å². The normalized spacial score (nSPS) is 14.6. The van der Waals surface area contributed by atoms with Gasteiger partial charge >= 0.3 is 0 Å². The highest BCUT2D eigenvalue weighted by Gasteiger charge is 2.19. The minimum absolute atomic E-state index is 0.422. The summed E-state index contributed by atoms with van der Waals surface area (Å²) in [5.74, 6) is 2.81. The zero-order chi connectivity index (χ0) is 24.5. The number of aromatic nitrogens is 7. The van der Waals surface area contributed by atoms with E-state index >= 15 is 0 Å². The summed E-state index contributed by atoms with van der Waals surface area (Å²) < 4.78 is 5.29. The van der Waals surface area contributed by atoms with Gasteiger partial charge in [-0.25, -0.2) is 9.97 Å². The third kappa shape index (κ3) is 4.91. The number of imidazole rings is 1. The van der Waals surface area contributed by atoms with Gasteiger partial charge in [0.05, 0.1) is 23.4 Å². The number of rotatable bonds is 6. The number of halogens is 1. The third-order valence-corrected chi connectivity index (χ3v) is 6.41. The van der Waals surface area contributed by atoms with Gasteiger partial charge in [-0.1, -0.05) is 16.8 Å². The van der Waals surface area contributed by atoms with Crippen LogP contribution >= 0.6 is 11.6 Å². The van der Waals surface area contributed by atoms with Crippen LogP contribution in [0.2, 0.25) is 5.15 Å². The molecule has 1 aliphatic heterocycles. The van der Waals surface area contributed by atoms with Gasteiger partial charge in [0, 0.05) is 56.6 Å². The summed E-state index contributed by atoms with van der Waals surface area (Å²) in [5.41, 5.74) is 4.90. The van der Waals surface area contributed by atoms with Gasteiger partial charge in [-0.15, -0.1) is 0 Å². The van der Waals surface area contributed by atoms with Crippen molar-refractivity contribution in [2.24, 2.45) is 0 Å². The number of nitrogens with one attached hydrogen (secondary N) is 1. The van der Waals surface area contributed by atoms with Crippen molar-refractivity contribution in [2.75, 3.05) is 31.1 Å². The standard InChI is InChI=1S/C25H24ClN9O/c1-16-29-25(36-33-16)18-2-3-20-21(11-18)31-23(30-20)12-19-10-17(4-5-28-19)15-34-6-8-35(9-7-34)24-14-27-13-22(26)32-24/h2-5,10-11,13-14H,6-9,12,15H2,1H3,(H,30,31). The number of nitrogens with zero attached hydrogens (tertiary/aromatic N) is 8. The van der Waals surface area contributed by atoms with Crippen molar-refractivity contribution in [3.63, 3.8) is 0 Å². The van der Waals surface area contributed by atoms with Gasteiger partial charge in [-0.2, -0.15) is 4.98 Å². The van der Waals surface area contributed by atoms with Crippen molar-refractivity contribution in [2.45, 2.75) is 19.9 Å². The Bertz CT molecular complexity index is 1510. The Morgan fingerprint density at radius 2 is 1.92 bits per heavy atom. The molecule has 1 N–H and O–H groups in total. The number of hydrogen-bond acceptors (Lipinski definition) is 9. The number of piperazine rings is 1. The van der Waals surface area contributed by atoms with Gasteiger partial charge in [-0.05, 0) is 42.8 Å². The van der Waals surface area contributed by atoms with Gasteiger partial charge in [0.15, 0.2) is 5.82 Å². The van der Waals surface area contributed by atoms with E-state index in [0.717, 1.165) is 66.7 Å². The maximum atomic E-state index is 6.00. The van der Waals surface area contributed by atoms with E-state index in [9.17, 15) is 0 Å². The summed E-state index contributed by atoms with van der Waals surface area (Å²) >= 11 is 6.00. The van der Waals surface area contributed by atoms with E-state index in [1.165, 1.54) is 5.56 Å². The molecule has 6 rings (SSSR count). The minimum Gasteiger partial charge on any atom is -0.353 e. The molecule has 0 radical (unpaired) electrons. The molecule has 10 nitrogen and oxygen atoms in total. The van der Waals surface area contributed by atoms with Crippen molar-refractivity contribution in [1.29, 1.82) is 0 Å². The number of aromatic amines is 1. The molecule has 11 heteroatoms. The number of anilines is 1. The van der Waals surface area contributed by atoms with E-state index in [0.29, 0.717) is 23.3 Å². The summed E-state index contributed by atoms with van der Waals surface area (Å²) in [6.45, 7) is 6.33. The first kappa shape index (κ1) is 22.6. The lowest BCUT2D eigenvalue weighted by Gasteiger charge is -2.35. The van der Waals surface area contributed by atoms with Crippen molar-refractivity contribution < 1.29 is 4.52 Å². The fraction of sp³-hybridized carbons (Fsp3) is 0.280. The van der Waals surface area contributed by atoms with Crippen LogP contribution in [0.5, 0.6) is 0 Å². The first-order valence-corrected chi connectivity index (χ1v) is 12.1. The lowest BCUT2D eigenvalue weighted by Crippen LogP contribution is -2.46. The molecule has 0 bridgehead atoms. The number of aryl methyl sites for hydroxylation is 1. The zero-order valence-corrected chi connectivity index (χ0v) is 20.5. The third-order valence-electron chi connectivity index (χ3n) is 6.23. The molecule has 0 unspecified atom stereocenters. The van der Waals surface area contributed by atoms with Crippen LogP contribution in [0.4, 0.5) is 5.82 Å². The topological polar surface area (TPSA) is 113 Å². The fourth-order valence-corrected chi connectivity index (χ4v) is 4.61. The number of H-pyrrole nitrogens is 1. The molecule has 0 spiro atoms. The van der Waals surface area contributed by atoms with Crippen molar-refractivity contribution >= 4 is 28.5 Å². The Morgan fingerprint density at radius 1 is 1.03 bits per heavy atom. The largest absolute Gasteiger partial charge is 0.353 e. The van der Waals surface area contributed by atoms with Crippen molar-refractivity contribution in [1.82, 2.24) is 40.0 Å². The smallest absolute Gasteiger partial charge is 0.257 e. The molecular weight excluding hydrogens is 478 g/mol. The lowest BCUT2D eigenvalue weighted by atomic mass is 10.1. The molecule has 182 valence electrons. The Kier molecular flexibility index (Phi) is 6.04. The van der Waals surface area contributed by atoms with E-state index in [1.807, 2.05) is 24.4 Å². The van der Waals surface area contributed by atoms with Crippen LogP contribution < -0.4 is 4.90 Å². The van der Waals surface area contributed by atoms with Crippen LogP contribution in [0.3, 0.4) is 0 Å². The Labute approximate surface area is 212 Å². The highest BCUT2D eigenvalue weighted by Crippen LogP contribution is 2.23. The maximum absolute atomic E-state index is 6.00. The van der Waals surface area contributed by atoms with Crippen LogP contribution in [-0.2, 0) is 13.0 Å². The molecule has 1 aliphatic rings. The molecular formula is C25H24ClN9O. The second-order valence-electron chi connectivity index (χ2n) is 8.86. The SMILES string of the molecule is Cc1noc(-c2ccc3nc(Cc4cc(CN5CCN(c6cncc(Cl)n6)CC5)ccn4)[nH]c3c2)n1. The quantitative estimate of drug-likeness (QED) is 0.372. The molecule has 36 heavy (non-hydrogen) atoms. The number of fused-ring (bicyclic) bond motifs is 1. The molecule has 5 heterocycles. The number of benzene rings is 1. The predicted molar refractivity (Wildman–Crippen MR) is 136 cm³/mol. The summed E-state index contributed by atoms with van der Waals surface area (Å²) in [7, 11) is 0. The molecule has 4 aromatic heterocycles.